The van der Waals surface area contributed by atoms with Crippen LogP contribution in [0.2, 0.25) is 0 Å². The van der Waals surface area contributed by atoms with Crippen molar-refractivity contribution in [3.63, 3.8) is 0 Å². The number of thioether (sulfide) groups is 1. The Labute approximate surface area is 108 Å². The third kappa shape index (κ3) is 1.89. The number of hydrogen-bond donors (Lipinski definition) is 1. The van der Waals surface area contributed by atoms with E-state index in [0.717, 1.165) is 22.6 Å². The van der Waals surface area contributed by atoms with Crippen molar-refractivity contribution in [2.75, 3.05) is 5.75 Å². The molecular weight excluding hydrogens is 288 g/mol. The van der Waals surface area contributed by atoms with Crippen LogP contribution in [-0.2, 0) is 5.41 Å². The minimum absolute atomic E-state index is 0.0575. The van der Waals surface area contributed by atoms with Gasteiger partial charge in [0.1, 0.15) is 0 Å². The highest BCUT2D eigenvalue weighted by Crippen LogP contribution is 2.45. The summed E-state index contributed by atoms with van der Waals surface area (Å²) in [5, 5.41) is 9.31. The lowest BCUT2D eigenvalue weighted by Gasteiger charge is -2.33. The van der Waals surface area contributed by atoms with Gasteiger partial charge in [-0.1, -0.05) is 13.8 Å². The van der Waals surface area contributed by atoms with Crippen molar-refractivity contribution in [2.24, 2.45) is 0 Å². The van der Waals surface area contributed by atoms with E-state index in [1.807, 2.05) is 12.1 Å². The third-order valence-electron chi connectivity index (χ3n) is 2.99. The predicted octanol–water partition coefficient (Wildman–Crippen LogP) is 3.92. The first-order valence-electron chi connectivity index (χ1n) is 5.12. The minimum atomic E-state index is -0.848. The highest BCUT2D eigenvalue weighted by Gasteiger charge is 2.33. The van der Waals surface area contributed by atoms with Gasteiger partial charge in [0, 0.05) is 9.37 Å². The Morgan fingerprint density at radius 2 is 2.19 bits per heavy atom. The molecule has 4 heteroatoms. The van der Waals surface area contributed by atoms with E-state index in [1.165, 1.54) is 0 Å². The summed E-state index contributed by atoms with van der Waals surface area (Å²) in [6, 6.07) is 3.84. The van der Waals surface area contributed by atoms with Crippen molar-refractivity contribution in [3.05, 3.63) is 27.7 Å². The van der Waals surface area contributed by atoms with Crippen molar-refractivity contribution >= 4 is 33.7 Å². The van der Waals surface area contributed by atoms with E-state index < -0.39 is 5.97 Å². The lowest BCUT2D eigenvalue weighted by Crippen LogP contribution is -2.26. The van der Waals surface area contributed by atoms with E-state index in [9.17, 15) is 9.90 Å². The Bertz CT molecular complexity index is 455. The van der Waals surface area contributed by atoms with Crippen LogP contribution in [0.5, 0.6) is 0 Å². The van der Waals surface area contributed by atoms with Crippen LogP contribution < -0.4 is 0 Å². The van der Waals surface area contributed by atoms with Crippen LogP contribution in [0.3, 0.4) is 0 Å². The second-order valence-electron chi connectivity index (χ2n) is 4.58. The molecule has 1 heterocycles. The van der Waals surface area contributed by atoms with Crippen LogP contribution in [-0.4, -0.2) is 16.8 Å². The van der Waals surface area contributed by atoms with Crippen LogP contribution in [0.25, 0.3) is 0 Å². The molecule has 0 aromatic heterocycles. The van der Waals surface area contributed by atoms with E-state index in [2.05, 4.69) is 29.8 Å². The maximum absolute atomic E-state index is 11.3. The van der Waals surface area contributed by atoms with Gasteiger partial charge < -0.3 is 5.11 Å². The standard InChI is InChI=1S/C12H13BrO2S/c1-12(2)5-6-16-8-4-3-7(13)9(10(8)12)11(14)15/h3-4H,5-6H2,1-2H3,(H,14,15). The van der Waals surface area contributed by atoms with Gasteiger partial charge in [0.15, 0.2) is 0 Å². The maximum Gasteiger partial charge on any atom is 0.337 e. The van der Waals surface area contributed by atoms with Crippen LogP contribution >= 0.6 is 27.7 Å². The number of benzene rings is 1. The fourth-order valence-electron chi connectivity index (χ4n) is 2.10. The van der Waals surface area contributed by atoms with Gasteiger partial charge in [-0.3, -0.25) is 0 Å². The van der Waals surface area contributed by atoms with Crippen molar-refractivity contribution < 1.29 is 9.90 Å². The molecule has 1 aliphatic heterocycles. The summed E-state index contributed by atoms with van der Waals surface area (Å²) in [7, 11) is 0. The largest absolute Gasteiger partial charge is 0.478 e. The number of carbonyl (C=O) groups is 1. The zero-order chi connectivity index (χ0) is 11.9. The predicted molar refractivity (Wildman–Crippen MR) is 69.5 cm³/mol. The van der Waals surface area contributed by atoms with Gasteiger partial charge >= 0.3 is 5.97 Å². The number of carboxylic acids is 1. The zero-order valence-electron chi connectivity index (χ0n) is 9.21. The molecule has 2 nitrogen and oxygen atoms in total. The van der Waals surface area contributed by atoms with Gasteiger partial charge in [-0.2, -0.15) is 0 Å². The molecule has 0 unspecified atom stereocenters. The number of carboxylic acid groups (broad SMARTS) is 1. The van der Waals surface area contributed by atoms with Crippen molar-refractivity contribution in [3.8, 4) is 0 Å². The van der Waals surface area contributed by atoms with Crippen LogP contribution in [0, 0.1) is 0 Å². The number of rotatable bonds is 1. The number of hydrogen-bond acceptors (Lipinski definition) is 2. The Kier molecular flexibility index (Phi) is 3.05. The molecule has 0 fully saturated rings. The lowest BCUT2D eigenvalue weighted by atomic mass is 9.79. The van der Waals surface area contributed by atoms with E-state index in [-0.39, 0.29) is 5.41 Å². The van der Waals surface area contributed by atoms with Crippen LogP contribution in [0.15, 0.2) is 21.5 Å². The van der Waals surface area contributed by atoms with Gasteiger partial charge in [0.05, 0.1) is 5.56 Å². The molecule has 1 aliphatic rings. The Morgan fingerprint density at radius 3 is 2.81 bits per heavy atom. The topological polar surface area (TPSA) is 37.3 Å². The summed E-state index contributed by atoms with van der Waals surface area (Å²) in [6.07, 6.45) is 1.02. The van der Waals surface area contributed by atoms with E-state index in [1.54, 1.807) is 11.8 Å². The Morgan fingerprint density at radius 1 is 1.50 bits per heavy atom. The van der Waals surface area contributed by atoms with Crippen molar-refractivity contribution in [2.45, 2.75) is 30.6 Å². The molecule has 0 amide bonds. The molecule has 1 aromatic carbocycles. The van der Waals surface area contributed by atoms with Gasteiger partial charge in [0.2, 0.25) is 0 Å². The normalized spacial score (nSPS) is 17.9. The molecule has 0 spiro atoms. The van der Waals surface area contributed by atoms with Gasteiger partial charge in [-0.15, -0.1) is 11.8 Å². The Hall–Kier alpha value is -0.480. The average Bonchev–Trinajstić information content (AvgIpc) is 2.17. The van der Waals surface area contributed by atoms with E-state index in [4.69, 9.17) is 0 Å². The number of aromatic carboxylic acids is 1. The molecule has 1 N–H and O–H groups in total. The van der Waals surface area contributed by atoms with Crippen molar-refractivity contribution in [1.29, 1.82) is 0 Å². The number of fused-ring (bicyclic) bond motifs is 1. The molecule has 1 aromatic rings. The first-order valence-corrected chi connectivity index (χ1v) is 6.90. The van der Waals surface area contributed by atoms with Crippen molar-refractivity contribution in [1.82, 2.24) is 0 Å². The molecule has 0 saturated heterocycles. The fourth-order valence-corrected chi connectivity index (χ4v) is 4.12. The second kappa shape index (κ2) is 4.08. The van der Waals surface area contributed by atoms with Gasteiger partial charge in [-0.25, -0.2) is 4.79 Å². The monoisotopic (exact) mass is 300 g/mol. The van der Waals surface area contributed by atoms with Crippen LogP contribution in [0.1, 0.15) is 36.2 Å². The van der Waals surface area contributed by atoms with Gasteiger partial charge in [0.25, 0.3) is 0 Å². The third-order valence-corrected chi connectivity index (χ3v) is 4.71. The molecule has 0 radical (unpaired) electrons. The van der Waals surface area contributed by atoms with E-state index >= 15 is 0 Å². The fraction of sp³-hybridized carbons (Fsp3) is 0.417. The quantitative estimate of drug-likeness (QED) is 0.854. The summed E-state index contributed by atoms with van der Waals surface area (Å²) in [6.45, 7) is 4.23. The smallest absolute Gasteiger partial charge is 0.337 e. The molecular formula is C12H13BrO2S. The highest BCUT2D eigenvalue weighted by molar-refractivity contribution is 9.10. The highest BCUT2D eigenvalue weighted by atomic mass is 79.9. The molecule has 0 saturated carbocycles. The summed E-state index contributed by atoms with van der Waals surface area (Å²) >= 11 is 5.08. The summed E-state index contributed by atoms with van der Waals surface area (Å²) in [5.74, 6) is 0.208. The maximum atomic E-state index is 11.3. The molecule has 86 valence electrons. The SMILES string of the molecule is CC1(C)CCSc2ccc(Br)c(C(=O)O)c21. The lowest BCUT2D eigenvalue weighted by molar-refractivity contribution is 0.0692. The summed E-state index contributed by atoms with van der Waals surface area (Å²) in [5.41, 5.74) is 1.35. The second-order valence-corrected chi connectivity index (χ2v) is 6.57. The summed E-state index contributed by atoms with van der Waals surface area (Å²) < 4.78 is 0.675. The minimum Gasteiger partial charge on any atom is -0.478 e. The first-order chi connectivity index (χ1) is 7.43. The Balaban J connectivity index is 2.74. The average molecular weight is 301 g/mol. The molecule has 0 atom stereocenters. The first kappa shape index (κ1) is 12.0. The molecule has 0 aliphatic carbocycles. The van der Waals surface area contributed by atoms with E-state index in [0.29, 0.717) is 10.0 Å². The zero-order valence-corrected chi connectivity index (χ0v) is 11.6. The molecule has 16 heavy (non-hydrogen) atoms. The number of halogens is 1. The van der Waals surface area contributed by atoms with Gasteiger partial charge in [-0.05, 0) is 51.2 Å². The molecule has 0 bridgehead atoms. The molecule has 2 rings (SSSR count). The van der Waals surface area contributed by atoms with Crippen LogP contribution in [0.4, 0.5) is 0 Å². The summed E-state index contributed by atoms with van der Waals surface area (Å²) in [4.78, 5) is 12.5.